The number of nitrogens with zero attached hydrogens (tertiary/aromatic N) is 4. The fourth-order valence-corrected chi connectivity index (χ4v) is 5.61. The minimum Gasteiger partial charge on any atom is -0.370 e. The van der Waals surface area contributed by atoms with Gasteiger partial charge in [0, 0.05) is 4.88 Å². The maximum absolute atomic E-state index is 5.43. The second-order valence-corrected chi connectivity index (χ2v) is 8.47. The van der Waals surface area contributed by atoms with E-state index in [1.165, 1.54) is 35.1 Å². The van der Waals surface area contributed by atoms with Crippen molar-refractivity contribution in [2.45, 2.75) is 32.1 Å². The van der Waals surface area contributed by atoms with Crippen molar-refractivity contribution in [1.29, 1.82) is 0 Å². The first-order chi connectivity index (χ1) is 12.8. The molecule has 1 aliphatic carbocycles. The summed E-state index contributed by atoms with van der Waals surface area (Å²) in [5, 5.41) is 9.17. The summed E-state index contributed by atoms with van der Waals surface area (Å²) in [7, 11) is 0. The first-order valence-corrected chi connectivity index (χ1v) is 10.4. The quantitative estimate of drug-likeness (QED) is 0.717. The molecule has 1 atom stereocenters. The zero-order valence-electron chi connectivity index (χ0n) is 15.1. The largest absolute Gasteiger partial charge is 0.370 e. The topological polar surface area (TPSA) is 68.8 Å². The molecule has 5 rings (SSSR count). The smallest absolute Gasteiger partial charge is 0.227 e. The van der Waals surface area contributed by atoms with Crippen molar-refractivity contribution in [3.63, 3.8) is 0 Å². The summed E-state index contributed by atoms with van der Waals surface area (Å²) in [6.07, 6.45) is 5.34. The van der Waals surface area contributed by atoms with Gasteiger partial charge in [-0.05, 0) is 30.7 Å². The fraction of sp³-hybridized carbons (Fsp3) is 0.611. The third-order valence-corrected chi connectivity index (χ3v) is 6.84. The first-order valence-electron chi connectivity index (χ1n) is 9.61. The van der Waals surface area contributed by atoms with Gasteiger partial charge >= 0.3 is 0 Å². The van der Waals surface area contributed by atoms with Crippen molar-refractivity contribution in [3.05, 3.63) is 16.8 Å². The van der Waals surface area contributed by atoms with E-state index in [0.717, 1.165) is 55.8 Å². The number of hydrogen-bond donors (Lipinski definition) is 2. The third kappa shape index (κ3) is 2.76. The Morgan fingerprint density at radius 2 is 2.27 bits per heavy atom. The molecule has 8 heteroatoms. The molecule has 3 aromatic heterocycles. The van der Waals surface area contributed by atoms with E-state index in [2.05, 4.69) is 22.3 Å². The number of rotatable bonds is 4. The molecule has 0 saturated carbocycles. The van der Waals surface area contributed by atoms with E-state index in [0.29, 0.717) is 5.92 Å². The molecule has 1 aliphatic heterocycles. The SMILES string of the molecule is C[C@@H]1CCCc2sc3nc(NCC[NH+]4CCOCC4)n4ncnc4c3c21. The normalized spacial score (nSPS) is 21.3. The van der Waals surface area contributed by atoms with Crippen LogP contribution in [0.15, 0.2) is 6.33 Å². The molecule has 3 aromatic rings. The zero-order chi connectivity index (χ0) is 17.5. The summed E-state index contributed by atoms with van der Waals surface area (Å²) in [5.74, 6) is 1.39. The highest BCUT2D eigenvalue weighted by Gasteiger charge is 2.26. The van der Waals surface area contributed by atoms with Crippen LogP contribution in [0.3, 0.4) is 0 Å². The fourth-order valence-electron chi connectivity index (χ4n) is 4.28. The second-order valence-electron chi connectivity index (χ2n) is 7.38. The Labute approximate surface area is 156 Å². The van der Waals surface area contributed by atoms with Gasteiger partial charge in [-0.2, -0.15) is 9.61 Å². The monoisotopic (exact) mass is 373 g/mol. The number of quaternary nitrogens is 1. The summed E-state index contributed by atoms with van der Waals surface area (Å²) in [4.78, 5) is 13.7. The Balaban J connectivity index is 1.47. The highest BCUT2D eigenvalue weighted by atomic mass is 32.1. The van der Waals surface area contributed by atoms with Gasteiger partial charge in [0.1, 0.15) is 24.2 Å². The zero-order valence-corrected chi connectivity index (χ0v) is 15.9. The molecule has 2 aliphatic rings. The highest BCUT2D eigenvalue weighted by molar-refractivity contribution is 7.19. The Kier molecular flexibility index (Phi) is 4.26. The van der Waals surface area contributed by atoms with E-state index in [9.17, 15) is 0 Å². The molecule has 0 spiro atoms. The van der Waals surface area contributed by atoms with Crippen molar-refractivity contribution < 1.29 is 9.64 Å². The maximum atomic E-state index is 5.43. The number of ether oxygens (including phenoxy) is 1. The Hall–Kier alpha value is -1.77. The van der Waals surface area contributed by atoms with Gasteiger partial charge in [-0.25, -0.2) is 9.97 Å². The van der Waals surface area contributed by atoms with Gasteiger partial charge in [-0.1, -0.05) is 6.92 Å². The van der Waals surface area contributed by atoms with E-state index in [1.54, 1.807) is 11.2 Å². The van der Waals surface area contributed by atoms with E-state index >= 15 is 0 Å². The summed E-state index contributed by atoms with van der Waals surface area (Å²) in [6.45, 7) is 8.18. The van der Waals surface area contributed by atoms with Crippen LogP contribution in [0, 0.1) is 0 Å². The number of aromatic nitrogens is 4. The van der Waals surface area contributed by atoms with E-state index < -0.39 is 0 Å². The van der Waals surface area contributed by atoms with Crippen molar-refractivity contribution in [3.8, 4) is 0 Å². The van der Waals surface area contributed by atoms with Gasteiger partial charge < -0.3 is 15.0 Å². The molecule has 0 bridgehead atoms. The molecule has 4 heterocycles. The van der Waals surface area contributed by atoms with Crippen LogP contribution < -0.4 is 10.2 Å². The average molecular weight is 374 g/mol. The number of morpholine rings is 1. The number of aryl methyl sites for hydroxylation is 1. The molecule has 0 unspecified atom stereocenters. The standard InChI is InChI=1S/C18H24N6OS/c1-12-3-2-4-13-14(12)15-16-20-11-21-24(16)18(22-17(15)26-13)19-5-6-23-7-9-25-10-8-23/h11-12H,2-10H2,1H3,(H,19,22)/p+1/t12-/m1/s1. The molecule has 7 nitrogen and oxygen atoms in total. The van der Waals surface area contributed by atoms with Crippen LogP contribution in [0.4, 0.5) is 5.95 Å². The minimum absolute atomic E-state index is 0.582. The van der Waals surface area contributed by atoms with Crippen LogP contribution >= 0.6 is 11.3 Å². The lowest BCUT2D eigenvalue weighted by atomic mass is 9.87. The number of fused-ring (bicyclic) bond motifs is 5. The van der Waals surface area contributed by atoms with Crippen molar-refractivity contribution >= 4 is 33.1 Å². The van der Waals surface area contributed by atoms with Crippen LogP contribution in [-0.2, 0) is 11.2 Å². The van der Waals surface area contributed by atoms with Crippen molar-refractivity contribution in [2.24, 2.45) is 0 Å². The van der Waals surface area contributed by atoms with E-state index in [1.807, 2.05) is 15.9 Å². The minimum atomic E-state index is 0.582. The number of anilines is 1. The van der Waals surface area contributed by atoms with Crippen LogP contribution in [0.2, 0.25) is 0 Å². The summed E-state index contributed by atoms with van der Waals surface area (Å²) < 4.78 is 7.31. The Bertz CT molecular complexity index is 929. The summed E-state index contributed by atoms with van der Waals surface area (Å²) >= 11 is 1.84. The predicted molar refractivity (Wildman–Crippen MR) is 102 cm³/mol. The van der Waals surface area contributed by atoms with Gasteiger partial charge in [0.05, 0.1) is 31.7 Å². The van der Waals surface area contributed by atoms with Crippen LogP contribution in [0.5, 0.6) is 0 Å². The van der Waals surface area contributed by atoms with Crippen molar-refractivity contribution in [1.82, 2.24) is 19.6 Å². The van der Waals surface area contributed by atoms with E-state index in [4.69, 9.17) is 9.72 Å². The van der Waals surface area contributed by atoms with Gasteiger partial charge in [-0.3, -0.25) is 0 Å². The average Bonchev–Trinajstić information content (AvgIpc) is 3.27. The lowest BCUT2D eigenvalue weighted by molar-refractivity contribution is -0.906. The third-order valence-electron chi connectivity index (χ3n) is 5.68. The molecule has 26 heavy (non-hydrogen) atoms. The molecule has 2 N–H and O–H groups in total. The Morgan fingerprint density at radius 3 is 3.15 bits per heavy atom. The van der Waals surface area contributed by atoms with Crippen LogP contribution in [0.25, 0.3) is 15.9 Å². The lowest BCUT2D eigenvalue weighted by Crippen LogP contribution is -3.14. The number of hydrogen-bond acceptors (Lipinski definition) is 6. The molecule has 0 amide bonds. The lowest BCUT2D eigenvalue weighted by Gasteiger charge is -2.23. The first kappa shape index (κ1) is 16.4. The van der Waals surface area contributed by atoms with Crippen molar-refractivity contribution in [2.75, 3.05) is 44.7 Å². The summed E-state index contributed by atoms with van der Waals surface area (Å²) in [6, 6.07) is 0. The molecule has 1 fully saturated rings. The molecule has 0 aromatic carbocycles. The maximum Gasteiger partial charge on any atom is 0.227 e. The van der Waals surface area contributed by atoms with E-state index in [-0.39, 0.29) is 0 Å². The summed E-state index contributed by atoms with van der Waals surface area (Å²) in [5.41, 5.74) is 2.41. The molecule has 138 valence electrons. The molecule has 1 saturated heterocycles. The molecular formula is C18H25N6OS+. The molecular weight excluding hydrogens is 348 g/mol. The van der Waals surface area contributed by atoms with Gasteiger partial charge in [0.2, 0.25) is 5.95 Å². The van der Waals surface area contributed by atoms with Gasteiger partial charge in [0.25, 0.3) is 0 Å². The number of nitrogens with one attached hydrogen (secondary N) is 2. The van der Waals surface area contributed by atoms with Crippen LogP contribution in [-0.4, -0.2) is 59.0 Å². The Morgan fingerprint density at radius 1 is 1.38 bits per heavy atom. The second kappa shape index (κ2) is 6.75. The van der Waals surface area contributed by atoms with Gasteiger partial charge in [-0.15, -0.1) is 11.3 Å². The predicted octanol–water partition coefficient (Wildman–Crippen LogP) is 1.11. The van der Waals surface area contributed by atoms with Crippen LogP contribution in [0.1, 0.15) is 36.1 Å². The number of thiophene rings is 1. The van der Waals surface area contributed by atoms with Gasteiger partial charge in [0.15, 0.2) is 5.65 Å². The molecule has 0 radical (unpaired) electrons. The highest BCUT2D eigenvalue weighted by Crippen LogP contribution is 2.43.